The predicted octanol–water partition coefficient (Wildman–Crippen LogP) is 1.83. The summed E-state index contributed by atoms with van der Waals surface area (Å²) < 4.78 is 30.3. The first-order valence-corrected chi connectivity index (χ1v) is 8.13. The Morgan fingerprint density at radius 3 is 2.38 bits per heavy atom. The van der Waals surface area contributed by atoms with Gasteiger partial charge in [-0.15, -0.1) is 0 Å². The second kappa shape index (κ2) is 5.74. The molecule has 1 heterocycles. The molecule has 0 aromatic heterocycles. The molecule has 1 aliphatic heterocycles. The first-order valence-electron chi connectivity index (χ1n) is 8.13. The second-order valence-corrected chi connectivity index (χ2v) is 7.38. The predicted molar refractivity (Wildman–Crippen MR) is 89.5 cm³/mol. The van der Waals surface area contributed by atoms with Gasteiger partial charge in [0.2, 0.25) is 0 Å². The van der Waals surface area contributed by atoms with E-state index in [1.54, 1.807) is 18.2 Å². The summed E-state index contributed by atoms with van der Waals surface area (Å²) in [5.41, 5.74) is 0.264. The molecule has 1 aromatic carbocycles. The molecule has 1 amide bonds. The smallest absolute Gasteiger partial charge is 0.494 e. The highest BCUT2D eigenvalue weighted by Gasteiger charge is 2.51. The Balaban J connectivity index is 1.81. The Morgan fingerprint density at radius 2 is 1.88 bits per heavy atom. The second-order valence-electron chi connectivity index (χ2n) is 7.38. The van der Waals surface area contributed by atoms with Crippen molar-refractivity contribution in [3.8, 4) is 5.75 Å². The van der Waals surface area contributed by atoms with Crippen LogP contribution in [0.4, 0.5) is 4.39 Å². The highest BCUT2D eigenvalue weighted by Crippen LogP contribution is 2.36. The van der Waals surface area contributed by atoms with Gasteiger partial charge in [0.05, 0.1) is 29.9 Å². The van der Waals surface area contributed by atoms with Crippen LogP contribution in [-0.2, 0) is 9.31 Å². The fourth-order valence-electron chi connectivity index (χ4n) is 2.58. The molecule has 0 bridgehead atoms. The number of ether oxygens (including phenoxy) is 1. The van der Waals surface area contributed by atoms with Gasteiger partial charge in [-0.1, -0.05) is 6.07 Å². The number of alkyl halides is 1. The fraction of sp³-hybridized carbons (Fsp3) is 0.588. The Hall–Kier alpha value is -1.60. The molecule has 7 heteroatoms. The van der Waals surface area contributed by atoms with Crippen molar-refractivity contribution in [1.29, 1.82) is 0 Å². The van der Waals surface area contributed by atoms with E-state index < -0.39 is 24.5 Å². The monoisotopic (exact) mass is 335 g/mol. The lowest BCUT2D eigenvalue weighted by Crippen LogP contribution is -2.41. The number of methoxy groups -OCH3 is 1. The largest absolute Gasteiger partial charge is 0.496 e. The van der Waals surface area contributed by atoms with Gasteiger partial charge in [0.25, 0.3) is 5.91 Å². The topological polar surface area (TPSA) is 56.8 Å². The van der Waals surface area contributed by atoms with E-state index in [4.69, 9.17) is 14.0 Å². The summed E-state index contributed by atoms with van der Waals surface area (Å²) in [6.07, 6.45) is -0.566. The van der Waals surface area contributed by atoms with Gasteiger partial charge in [0.15, 0.2) is 0 Å². The van der Waals surface area contributed by atoms with Gasteiger partial charge in [-0.05, 0) is 45.3 Å². The van der Waals surface area contributed by atoms with E-state index in [0.717, 1.165) is 5.46 Å². The van der Waals surface area contributed by atoms with Gasteiger partial charge in [0.1, 0.15) is 11.9 Å². The number of amides is 1. The standard InChI is InChI=1S/C17H23BFNO4/c1-16(2)17(3,4)24-18(23-16)10-6-7-11(14(8-10)22-5)15(21)20-13-9-12(13)19/h6-8,12-13H,9H2,1-5H3,(H,20,21)/t12-,13+/m1/s1. The number of hydrogen-bond acceptors (Lipinski definition) is 4. The minimum Gasteiger partial charge on any atom is -0.496 e. The van der Waals surface area contributed by atoms with Gasteiger partial charge >= 0.3 is 7.12 Å². The number of nitrogens with one attached hydrogen (secondary N) is 1. The molecule has 1 aromatic rings. The molecule has 5 nitrogen and oxygen atoms in total. The van der Waals surface area contributed by atoms with Crippen LogP contribution in [0.3, 0.4) is 0 Å². The minimum atomic E-state index is -0.941. The number of carbonyl (C=O) groups excluding carboxylic acids is 1. The number of rotatable bonds is 4. The molecule has 1 saturated heterocycles. The normalized spacial score (nSPS) is 27.0. The maximum Gasteiger partial charge on any atom is 0.494 e. The van der Waals surface area contributed by atoms with Crippen molar-refractivity contribution in [2.75, 3.05) is 7.11 Å². The van der Waals surface area contributed by atoms with Gasteiger partial charge in [0, 0.05) is 6.42 Å². The van der Waals surface area contributed by atoms with E-state index in [0.29, 0.717) is 17.7 Å². The Kier molecular flexibility index (Phi) is 4.12. The Morgan fingerprint density at radius 1 is 1.29 bits per heavy atom. The third-order valence-electron chi connectivity index (χ3n) is 5.02. The van der Waals surface area contributed by atoms with Crippen LogP contribution in [0.25, 0.3) is 0 Å². The average molecular weight is 335 g/mol. The number of carbonyl (C=O) groups is 1. The summed E-state index contributed by atoms with van der Waals surface area (Å²) in [7, 11) is 0.967. The van der Waals surface area contributed by atoms with Gasteiger partial charge < -0.3 is 19.4 Å². The van der Waals surface area contributed by atoms with E-state index in [1.807, 2.05) is 27.7 Å². The van der Waals surface area contributed by atoms with Crippen LogP contribution >= 0.6 is 0 Å². The quantitative estimate of drug-likeness (QED) is 0.853. The molecule has 0 spiro atoms. The van der Waals surface area contributed by atoms with Crippen molar-refractivity contribution < 1.29 is 23.2 Å². The lowest BCUT2D eigenvalue weighted by atomic mass is 9.78. The third kappa shape index (κ3) is 3.02. The van der Waals surface area contributed by atoms with Crippen molar-refractivity contribution in [2.24, 2.45) is 0 Å². The lowest BCUT2D eigenvalue weighted by molar-refractivity contribution is 0.00578. The molecule has 1 aliphatic carbocycles. The van der Waals surface area contributed by atoms with Crippen molar-refractivity contribution in [3.63, 3.8) is 0 Å². The highest BCUT2D eigenvalue weighted by atomic mass is 19.1. The third-order valence-corrected chi connectivity index (χ3v) is 5.02. The zero-order valence-corrected chi connectivity index (χ0v) is 14.7. The number of hydrogen-bond donors (Lipinski definition) is 1. The molecule has 1 N–H and O–H groups in total. The molecule has 0 unspecified atom stereocenters. The van der Waals surface area contributed by atoms with E-state index >= 15 is 0 Å². The average Bonchev–Trinajstić information content (AvgIpc) is 3.13. The van der Waals surface area contributed by atoms with Gasteiger partial charge in [-0.3, -0.25) is 4.79 Å². The summed E-state index contributed by atoms with van der Waals surface area (Å²) in [4.78, 5) is 12.2. The highest BCUT2D eigenvalue weighted by molar-refractivity contribution is 6.62. The molecule has 2 fully saturated rings. The van der Waals surface area contributed by atoms with E-state index in [-0.39, 0.29) is 11.9 Å². The van der Waals surface area contributed by atoms with Crippen molar-refractivity contribution in [1.82, 2.24) is 5.32 Å². The van der Waals surface area contributed by atoms with E-state index in [2.05, 4.69) is 5.32 Å². The number of halogens is 1. The first kappa shape index (κ1) is 17.2. The molecule has 3 rings (SSSR count). The summed E-state index contributed by atoms with van der Waals surface area (Å²) in [6, 6.07) is 4.78. The summed E-state index contributed by atoms with van der Waals surface area (Å²) in [5, 5.41) is 2.65. The number of benzene rings is 1. The molecule has 2 atom stereocenters. The summed E-state index contributed by atoms with van der Waals surface area (Å²) >= 11 is 0. The Labute approximate surface area is 142 Å². The van der Waals surface area contributed by atoms with Gasteiger partial charge in [-0.25, -0.2) is 4.39 Å². The van der Waals surface area contributed by atoms with Crippen LogP contribution in [0, 0.1) is 0 Å². The molecule has 24 heavy (non-hydrogen) atoms. The molecular formula is C17H23BFNO4. The van der Waals surface area contributed by atoms with Crippen molar-refractivity contribution >= 4 is 18.5 Å². The molecule has 0 radical (unpaired) electrons. The van der Waals surface area contributed by atoms with Crippen molar-refractivity contribution in [3.05, 3.63) is 23.8 Å². The van der Waals surface area contributed by atoms with Crippen LogP contribution < -0.4 is 15.5 Å². The molecule has 130 valence electrons. The van der Waals surface area contributed by atoms with Crippen LogP contribution in [0.2, 0.25) is 0 Å². The maximum absolute atomic E-state index is 13.0. The summed E-state index contributed by atoms with van der Waals surface area (Å²) in [5.74, 6) is 0.0771. The SMILES string of the molecule is COc1cc(B2OC(C)(C)C(C)(C)O2)ccc1C(=O)N[C@H]1C[C@H]1F. The van der Waals surface area contributed by atoms with Crippen LogP contribution in [0.5, 0.6) is 5.75 Å². The van der Waals surface area contributed by atoms with Crippen LogP contribution in [0.1, 0.15) is 44.5 Å². The minimum absolute atomic E-state index is 0.336. The fourth-order valence-corrected chi connectivity index (χ4v) is 2.58. The van der Waals surface area contributed by atoms with Gasteiger partial charge in [-0.2, -0.15) is 0 Å². The van der Waals surface area contributed by atoms with E-state index in [9.17, 15) is 9.18 Å². The summed E-state index contributed by atoms with van der Waals surface area (Å²) in [6.45, 7) is 7.92. The van der Waals surface area contributed by atoms with Crippen molar-refractivity contribution in [2.45, 2.75) is 57.5 Å². The molecule has 2 aliphatic rings. The van der Waals surface area contributed by atoms with E-state index in [1.165, 1.54) is 7.11 Å². The first-order chi connectivity index (χ1) is 11.1. The zero-order valence-electron chi connectivity index (χ0n) is 14.7. The lowest BCUT2D eigenvalue weighted by Gasteiger charge is -2.32. The van der Waals surface area contributed by atoms with Crippen LogP contribution in [-0.4, -0.2) is 43.6 Å². The van der Waals surface area contributed by atoms with Crippen LogP contribution in [0.15, 0.2) is 18.2 Å². The molecular weight excluding hydrogens is 312 g/mol. The maximum atomic E-state index is 13.0. The Bertz CT molecular complexity index is 648. The molecule has 1 saturated carbocycles. The zero-order chi connectivity index (χ0) is 17.7.